The topological polar surface area (TPSA) is 25.9 Å². The van der Waals surface area contributed by atoms with E-state index in [0.717, 1.165) is 11.3 Å². The van der Waals surface area contributed by atoms with Gasteiger partial charge in [-0.05, 0) is 25.5 Å². The van der Waals surface area contributed by atoms with Crippen LogP contribution in [-0.4, -0.2) is 10.5 Å². The summed E-state index contributed by atoms with van der Waals surface area (Å²) in [6.07, 6.45) is 3.71. The largest absolute Gasteiger partial charge is 0.294 e. The number of Topliss-reactive ketones (excluding diaryl/α,β-unsaturated/α-hetero) is 1. The second-order valence-electron chi connectivity index (χ2n) is 3.97. The molecule has 0 atom stereocenters. The fourth-order valence-corrected chi connectivity index (χ4v) is 1.76. The molecule has 0 aliphatic rings. The molecule has 0 N–H and O–H groups in total. The molecule has 0 aliphatic heterocycles. The molecule has 0 bridgehead atoms. The lowest BCUT2D eigenvalue weighted by molar-refractivity contribution is -0.744. The maximum Gasteiger partial charge on any atom is 0.206 e. The second-order valence-corrected chi connectivity index (χ2v) is 3.97. The summed E-state index contributed by atoms with van der Waals surface area (Å²) in [5.74, 6) is 0.0861. The zero-order chi connectivity index (χ0) is 11.7. The van der Waals surface area contributed by atoms with Gasteiger partial charge in [0.25, 0.3) is 0 Å². The number of hydrogen-bond donors (Lipinski definition) is 0. The third-order valence-electron chi connectivity index (χ3n) is 2.70. The van der Waals surface area contributed by atoms with Gasteiger partial charge < -0.3 is 0 Å². The summed E-state index contributed by atoms with van der Waals surface area (Å²) in [7, 11) is 1.93. The summed E-state index contributed by atoms with van der Waals surface area (Å²) in [5.41, 5.74) is 3.01. The summed E-state index contributed by atoms with van der Waals surface area (Å²) in [6, 6.07) is 8.10. The number of carbonyl (C=O) groups excluding carboxylic acids is 1. The fourth-order valence-electron chi connectivity index (χ4n) is 1.76. The lowest BCUT2D eigenvalue weighted by Crippen LogP contribution is -2.37. The molecule has 0 unspecified atom stereocenters. The molecular formula is C13H15N2O+. The van der Waals surface area contributed by atoms with E-state index >= 15 is 0 Å². The molecule has 82 valence electrons. The smallest absolute Gasteiger partial charge is 0.206 e. The Balaban J connectivity index is 2.57. The van der Waals surface area contributed by atoms with Crippen LogP contribution in [0.25, 0.3) is 5.69 Å². The minimum atomic E-state index is 0.0861. The summed E-state index contributed by atoms with van der Waals surface area (Å²) in [6.45, 7) is 3.64. The lowest BCUT2D eigenvalue weighted by Gasteiger charge is -2.02. The first-order valence-electron chi connectivity index (χ1n) is 5.25. The van der Waals surface area contributed by atoms with Gasteiger partial charge in [0.2, 0.25) is 6.20 Å². The zero-order valence-electron chi connectivity index (χ0n) is 9.77. The van der Waals surface area contributed by atoms with Gasteiger partial charge in [0.1, 0.15) is 11.3 Å². The Morgan fingerprint density at radius 1 is 1.31 bits per heavy atom. The molecule has 16 heavy (non-hydrogen) atoms. The standard InChI is InChI=1S/C13H15N2O/c1-10-6-4-5-7-13(10)15-9-12(11(2)16)8-14(15)3/h4-9H,1-3H3/q+1. The van der Waals surface area contributed by atoms with Gasteiger partial charge in [-0.15, -0.1) is 9.36 Å². The van der Waals surface area contributed by atoms with E-state index in [0.29, 0.717) is 0 Å². The first-order valence-corrected chi connectivity index (χ1v) is 5.25. The molecule has 0 radical (unpaired) electrons. The van der Waals surface area contributed by atoms with E-state index in [2.05, 4.69) is 13.0 Å². The molecule has 0 saturated heterocycles. The summed E-state index contributed by atoms with van der Waals surface area (Å²) in [4.78, 5) is 11.3. The number of aryl methyl sites for hydroxylation is 2. The van der Waals surface area contributed by atoms with Gasteiger partial charge in [-0.2, -0.15) is 0 Å². The third-order valence-corrected chi connectivity index (χ3v) is 2.70. The van der Waals surface area contributed by atoms with Crippen molar-refractivity contribution in [2.24, 2.45) is 7.05 Å². The van der Waals surface area contributed by atoms with Crippen molar-refractivity contribution in [3.63, 3.8) is 0 Å². The van der Waals surface area contributed by atoms with Crippen LogP contribution in [0.15, 0.2) is 36.7 Å². The molecule has 3 heteroatoms. The predicted octanol–water partition coefficient (Wildman–Crippen LogP) is 1.81. The van der Waals surface area contributed by atoms with Gasteiger partial charge in [-0.25, -0.2) is 0 Å². The van der Waals surface area contributed by atoms with E-state index in [9.17, 15) is 4.79 Å². The van der Waals surface area contributed by atoms with E-state index in [-0.39, 0.29) is 5.78 Å². The second kappa shape index (κ2) is 3.93. The van der Waals surface area contributed by atoms with Crippen LogP contribution in [0, 0.1) is 6.92 Å². The highest BCUT2D eigenvalue weighted by molar-refractivity contribution is 5.93. The zero-order valence-corrected chi connectivity index (χ0v) is 9.77. The van der Waals surface area contributed by atoms with Crippen LogP contribution >= 0.6 is 0 Å². The van der Waals surface area contributed by atoms with Crippen molar-refractivity contribution >= 4 is 5.78 Å². The third kappa shape index (κ3) is 1.76. The van der Waals surface area contributed by atoms with Crippen molar-refractivity contribution < 1.29 is 9.48 Å². The van der Waals surface area contributed by atoms with E-state index in [1.807, 2.05) is 47.0 Å². The Morgan fingerprint density at radius 2 is 2.00 bits per heavy atom. The van der Waals surface area contributed by atoms with E-state index < -0.39 is 0 Å². The van der Waals surface area contributed by atoms with Crippen LogP contribution in [0.4, 0.5) is 0 Å². The average Bonchev–Trinajstić information content (AvgIpc) is 2.61. The number of rotatable bonds is 2. The van der Waals surface area contributed by atoms with Crippen molar-refractivity contribution in [1.82, 2.24) is 4.68 Å². The summed E-state index contributed by atoms with van der Waals surface area (Å²) in [5, 5.41) is 0. The van der Waals surface area contributed by atoms with Crippen LogP contribution < -0.4 is 4.68 Å². The summed E-state index contributed by atoms with van der Waals surface area (Å²) < 4.78 is 3.89. The van der Waals surface area contributed by atoms with Gasteiger partial charge in [0.05, 0.1) is 6.20 Å². The maximum atomic E-state index is 11.3. The Labute approximate surface area is 94.9 Å². The minimum Gasteiger partial charge on any atom is -0.294 e. The molecule has 2 rings (SSSR count). The minimum absolute atomic E-state index is 0.0861. The van der Waals surface area contributed by atoms with Gasteiger partial charge in [0, 0.05) is 0 Å². The highest BCUT2D eigenvalue weighted by Crippen LogP contribution is 2.12. The molecule has 0 spiro atoms. The highest BCUT2D eigenvalue weighted by atomic mass is 16.1. The quantitative estimate of drug-likeness (QED) is 0.554. The number of nitrogens with zero attached hydrogens (tertiary/aromatic N) is 2. The summed E-state index contributed by atoms with van der Waals surface area (Å²) >= 11 is 0. The molecule has 1 aromatic carbocycles. The molecule has 1 heterocycles. The Morgan fingerprint density at radius 3 is 2.56 bits per heavy atom. The molecule has 0 amide bonds. The number of aromatic nitrogens is 2. The molecular weight excluding hydrogens is 200 g/mol. The number of hydrogen-bond acceptors (Lipinski definition) is 1. The van der Waals surface area contributed by atoms with Crippen molar-refractivity contribution in [2.45, 2.75) is 13.8 Å². The first-order chi connectivity index (χ1) is 7.59. The maximum absolute atomic E-state index is 11.3. The molecule has 0 fully saturated rings. The molecule has 2 aromatic rings. The van der Waals surface area contributed by atoms with Crippen molar-refractivity contribution in [3.8, 4) is 5.69 Å². The number of para-hydroxylation sites is 1. The lowest BCUT2D eigenvalue weighted by atomic mass is 10.2. The normalized spacial score (nSPS) is 10.4. The molecule has 0 aliphatic carbocycles. The van der Waals surface area contributed by atoms with Gasteiger partial charge >= 0.3 is 0 Å². The Hall–Kier alpha value is -1.90. The SMILES string of the molecule is CC(=O)c1cn(-c2ccccc2C)[n+](C)c1. The Kier molecular flexibility index (Phi) is 2.60. The van der Waals surface area contributed by atoms with E-state index in [1.54, 1.807) is 6.92 Å². The van der Waals surface area contributed by atoms with Crippen molar-refractivity contribution in [3.05, 3.63) is 47.8 Å². The first kappa shape index (κ1) is 10.6. The van der Waals surface area contributed by atoms with Gasteiger partial charge in [-0.3, -0.25) is 4.79 Å². The number of benzene rings is 1. The predicted molar refractivity (Wildman–Crippen MR) is 61.7 cm³/mol. The Bertz CT molecular complexity index is 541. The van der Waals surface area contributed by atoms with Crippen molar-refractivity contribution in [1.29, 1.82) is 0 Å². The van der Waals surface area contributed by atoms with Crippen LogP contribution in [0.3, 0.4) is 0 Å². The molecule has 1 aromatic heterocycles. The van der Waals surface area contributed by atoms with Crippen LogP contribution in [-0.2, 0) is 7.05 Å². The fraction of sp³-hybridized carbons (Fsp3) is 0.231. The number of carbonyl (C=O) groups is 1. The van der Waals surface area contributed by atoms with Gasteiger partial charge in [-0.1, -0.05) is 18.2 Å². The van der Waals surface area contributed by atoms with Crippen LogP contribution in [0.2, 0.25) is 0 Å². The average molecular weight is 215 g/mol. The van der Waals surface area contributed by atoms with Crippen molar-refractivity contribution in [2.75, 3.05) is 0 Å². The molecule has 3 nitrogen and oxygen atoms in total. The van der Waals surface area contributed by atoms with Gasteiger partial charge in [0.15, 0.2) is 12.8 Å². The number of ketones is 1. The monoisotopic (exact) mass is 215 g/mol. The highest BCUT2D eigenvalue weighted by Gasteiger charge is 2.14. The van der Waals surface area contributed by atoms with Crippen LogP contribution in [0.5, 0.6) is 0 Å². The van der Waals surface area contributed by atoms with E-state index in [1.165, 1.54) is 5.56 Å². The van der Waals surface area contributed by atoms with E-state index in [4.69, 9.17) is 0 Å². The molecule has 0 saturated carbocycles. The van der Waals surface area contributed by atoms with Crippen LogP contribution in [0.1, 0.15) is 22.8 Å².